The molecule has 2 N–H and O–H groups in total. The van der Waals surface area contributed by atoms with Gasteiger partial charge in [0.25, 0.3) is 0 Å². The SMILES string of the molecule is CNCCc1ccc(C23CC4CC(CC(C4)C2)C3)[nH]1. The zero-order valence-electron chi connectivity index (χ0n) is 12.0. The van der Waals surface area contributed by atoms with Crippen LogP contribution in [0.1, 0.15) is 49.9 Å². The molecule has 1 aromatic rings. The molecule has 4 fully saturated rings. The van der Waals surface area contributed by atoms with E-state index in [9.17, 15) is 0 Å². The van der Waals surface area contributed by atoms with E-state index in [1.54, 1.807) is 5.69 Å². The first-order valence-electron chi connectivity index (χ1n) is 8.10. The zero-order valence-corrected chi connectivity index (χ0v) is 12.0. The van der Waals surface area contributed by atoms with Crippen LogP contribution in [0.4, 0.5) is 0 Å². The van der Waals surface area contributed by atoms with E-state index in [0.29, 0.717) is 5.41 Å². The fourth-order valence-electron chi connectivity index (χ4n) is 5.60. The van der Waals surface area contributed by atoms with E-state index < -0.39 is 0 Å². The monoisotopic (exact) mass is 258 g/mol. The van der Waals surface area contributed by atoms with E-state index in [2.05, 4.69) is 22.4 Å². The Balaban J connectivity index is 1.59. The van der Waals surface area contributed by atoms with Crippen LogP contribution in [0, 0.1) is 17.8 Å². The Kier molecular flexibility index (Phi) is 2.77. The summed E-state index contributed by atoms with van der Waals surface area (Å²) in [5.41, 5.74) is 3.52. The normalized spacial score (nSPS) is 39.9. The molecular weight excluding hydrogens is 232 g/mol. The third kappa shape index (κ3) is 1.96. The third-order valence-electron chi connectivity index (χ3n) is 6.00. The quantitative estimate of drug-likeness (QED) is 0.852. The molecule has 0 aromatic carbocycles. The lowest BCUT2D eigenvalue weighted by Crippen LogP contribution is -2.48. The standard InChI is InChI=1S/C17H26N2/c1-18-5-4-15-2-3-16(19-15)17-9-12-6-13(10-17)8-14(7-12)11-17/h2-3,12-14,18-19H,4-11H2,1H3. The third-order valence-corrected chi connectivity index (χ3v) is 6.00. The van der Waals surface area contributed by atoms with Crippen molar-refractivity contribution in [2.45, 2.75) is 50.4 Å². The summed E-state index contributed by atoms with van der Waals surface area (Å²) >= 11 is 0. The van der Waals surface area contributed by atoms with E-state index >= 15 is 0 Å². The summed E-state index contributed by atoms with van der Waals surface area (Å²) < 4.78 is 0. The minimum atomic E-state index is 0.534. The Morgan fingerprint density at radius 3 is 2.32 bits per heavy atom. The van der Waals surface area contributed by atoms with Crippen LogP contribution in [-0.2, 0) is 11.8 Å². The molecule has 0 amide bonds. The van der Waals surface area contributed by atoms with Crippen molar-refractivity contribution in [2.75, 3.05) is 13.6 Å². The van der Waals surface area contributed by atoms with Gasteiger partial charge in [-0.2, -0.15) is 0 Å². The lowest BCUT2D eigenvalue weighted by Gasteiger charge is -2.56. The molecule has 0 radical (unpaired) electrons. The van der Waals surface area contributed by atoms with Gasteiger partial charge in [0.1, 0.15) is 0 Å². The van der Waals surface area contributed by atoms with E-state index in [1.165, 1.54) is 44.2 Å². The molecule has 4 bridgehead atoms. The summed E-state index contributed by atoms with van der Waals surface area (Å²) in [6.45, 7) is 1.07. The predicted octanol–water partition coefficient (Wildman–Crippen LogP) is 3.24. The van der Waals surface area contributed by atoms with Crippen LogP contribution in [0.3, 0.4) is 0 Å². The number of rotatable bonds is 4. The second-order valence-electron chi connectivity index (χ2n) is 7.45. The van der Waals surface area contributed by atoms with Gasteiger partial charge in [-0.25, -0.2) is 0 Å². The average Bonchev–Trinajstić information content (AvgIpc) is 2.84. The maximum absolute atomic E-state index is 3.76. The Bertz CT molecular complexity index is 424. The zero-order chi connectivity index (χ0) is 12.9. The van der Waals surface area contributed by atoms with Crippen LogP contribution >= 0.6 is 0 Å². The van der Waals surface area contributed by atoms with Gasteiger partial charge in [0, 0.05) is 23.3 Å². The number of aromatic nitrogens is 1. The number of H-pyrrole nitrogens is 1. The Hall–Kier alpha value is -0.760. The molecule has 0 unspecified atom stereocenters. The van der Waals surface area contributed by atoms with Crippen molar-refractivity contribution in [1.82, 2.24) is 10.3 Å². The first-order chi connectivity index (χ1) is 9.27. The highest BCUT2D eigenvalue weighted by Gasteiger charge is 2.52. The highest BCUT2D eigenvalue weighted by molar-refractivity contribution is 5.26. The lowest BCUT2D eigenvalue weighted by atomic mass is 9.49. The summed E-state index contributed by atoms with van der Waals surface area (Å²) in [5, 5.41) is 3.24. The Morgan fingerprint density at radius 2 is 1.74 bits per heavy atom. The van der Waals surface area contributed by atoms with Crippen LogP contribution in [0.15, 0.2) is 12.1 Å². The Morgan fingerprint density at radius 1 is 1.11 bits per heavy atom. The average molecular weight is 258 g/mol. The van der Waals surface area contributed by atoms with E-state index in [4.69, 9.17) is 0 Å². The topological polar surface area (TPSA) is 27.8 Å². The molecule has 0 aliphatic heterocycles. The van der Waals surface area contributed by atoms with Crippen LogP contribution in [0.25, 0.3) is 0 Å². The summed E-state index contributed by atoms with van der Waals surface area (Å²) in [6, 6.07) is 4.73. The van der Waals surface area contributed by atoms with Gasteiger partial charge < -0.3 is 10.3 Å². The van der Waals surface area contributed by atoms with Crippen molar-refractivity contribution < 1.29 is 0 Å². The number of aromatic amines is 1. The van der Waals surface area contributed by atoms with Crippen LogP contribution in [0.2, 0.25) is 0 Å². The molecule has 19 heavy (non-hydrogen) atoms. The molecule has 1 heterocycles. The molecule has 4 saturated carbocycles. The minimum Gasteiger partial charge on any atom is -0.362 e. The molecular formula is C17H26N2. The molecule has 0 spiro atoms. The first kappa shape index (κ1) is 12.0. The number of likely N-dealkylation sites (N-methyl/N-ethyl adjacent to an activating group) is 1. The minimum absolute atomic E-state index is 0.534. The van der Waals surface area contributed by atoms with E-state index in [1.807, 2.05) is 7.05 Å². The maximum Gasteiger partial charge on any atom is 0.0212 e. The largest absolute Gasteiger partial charge is 0.362 e. The highest BCUT2D eigenvalue weighted by Crippen LogP contribution is 2.60. The van der Waals surface area contributed by atoms with Gasteiger partial charge in [-0.15, -0.1) is 0 Å². The van der Waals surface area contributed by atoms with Gasteiger partial charge in [0.2, 0.25) is 0 Å². The number of nitrogens with one attached hydrogen (secondary N) is 2. The van der Waals surface area contributed by atoms with Crippen LogP contribution in [0.5, 0.6) is 0 Å². The summed E-state index contributed by atoms with van der Waals surface area (Å²) in [7, 11) is 2.03. The second kappa shape index (κ2) is 4.37. The van der Waals surface area contributed by atoms with Gasteiger partial charge >= 0.3 is 0 Å². The van der Waals surface area contributed by atoms with Crippen LogP contribution in [-0.4, -0.2) is 18.6 Å². The van der Waals surface area contributed by atoms with Gasteiger partial charge in [0.05, 0.1) is 0 Å². The van der Waals surface area contributed by atoms with E-state index in [0.717, 1.165) is 30.7 Å². The summed E-state index contributed by atoms with van der Waals surface area (Å²) in [4.78, 5) is 3.76. The van der Waals surface area contributed by atoms with Crippen molar-refractivity contribution in [3.05, 3.63) is 23.5 Å². The smallest absolute Gasteiger partial charge is 0.0212 e. The summed E-state index contributed by atoms with van der Waals surface area (Å²) in [6.07, 6.45) is 10.1. The molecule has 4 aliphatic carbocycles. The van der Waals surface area contributed by atoms with Crippen molar-refractivity contribution in [3.63, 3.8) is 0 Å². The lowest BCUT2D eigenvalue weighted by molar-refractivity contribution is -0.00701. The van der Waals surface area contributed by atoms with Crippen molar-refractivity contribution >= 4 is 0 Å². The van der Waals surface area contributed by atoms with Crippen LogP contribution < -0.4 is 5.32 Å². The van der Waals surface area contributed by atoms with E-state index in [-0.39, 0.29) is 0 Å². The second-order valence-corrected chi connectivity index (χ2v) is 7.45. The Labute approximate surface area is 116 Å². The van der Waals surface area contributed by atoms with Crippen molar-refractivity contribution in [2.24, 2.45) is 17.8 Å². The molecule has 1 aromatic heterocycles. The van der Waals surface area contributed by atoms with Crippen molar-refractivity contribution in [1.29, 1.82) is 0 Å². The fourth-order valence-corrected chi connectivity index (χ4v) is 5.60. The maximum atomic E-state index is 3.76. The van der Waals surface area contributed by atoms with Gasteiger partial charge in [-0.05, 0) is 81.9 Å². The molecule has 104 valence electrons. The highest BCUT2D eigenvalue weighted by atomic mass is 14.8. The number of hydrogen-bond acceptors (Lipinski definition) is 1. The molecule has 0 atom stereocenters. The van der Waals surface area contributed by atoms with Gasteiger partial charge in [-0.1, -0.05) is 0 Å². The van der Waals surface area contributed by atoms with Crippen molar-refractivity contribution in [3.8, 4) is 0 Å². The molecule has 0 saturated heterocycles. The first-order valence-corrected chi connectivity index (χ1v) is 8.10. The molecule has 4 aliphatic rings. The predicted molar refractivity (Wildman–Crippen MR) is 78.3 cm³/mol. The molecule has 2 heteroatoms. The van der Waals surface area contributed by atoms with Gasteiger partial charge in [0.15, 0.2) is 0 Å². The number of hydrogen-bond donors (Lipinski definition) is 2. The molecule has 2 nitrogen and oxygen atoms in total. The fraction of sp³-hybridized carbons (Fsp3) is 0.765. The summed E-state index contributed by atoms with van der Waals surface area (Å²) in [5.74, 6) is 3.11. The van der Waals surface area contributed by atoms with Gasteiger partial charge in [-0.3, -0.25) is 0 Å². The molecule has 5 rings (SSSR count).